The minimum atomic E-state index is 0.500. The number of benzene rings is 2. The Morgan fingerprint density at radius 2 is 1.63 bits per heavy atom. The van der Waals surface area contributed by atoms with Gasteiger partial charge in [0.2, 0.25) is 0 Å². The Balaban J connectivity index is 1.24. The van der Waals surface area contributed by atoms with E-state index in [4.69, 9.17) is 4.99 Å². The Hall–Kier alpha value is -2.61. The lowest BCUT2D eigenvalue weighted by Gasteiger charge is -2.33. The molecule has 1 N–H and O–H groups in total. The Kier molecular flexibility index (Phi) is 5.83. The van der Waals surface area contributed by atoms with E-state index in [0.717, 1.165) is 19.5 Å². The summed E-state index contributed by atoms with van der Waals surface area (Å²) >= 11 is 0. The molecule has 2 heteroatoms. The van der Waals surface area contributed by atoms with Crippen LogP contribution in [0.15, 0.2) is 65.7 Å². The third-order valence-electron chi connectivity index (χ3n) is 7.04. The first-order chi connectivity index (χ1) is 14.9. The molecule has 2 nitrogen and oxygen atoms in total. The summed E-state index contributed by atoms with van der Waals surface area (Å²) in [7, 11) is 0. The molecule has 0 spiro atoms. The van der Waals surface area contributed by atoms with Gasteiger partial charge in [-0.3, -0.25) is 4.99 Å². The van der Waals surface area contributed by atoms with Crippen LogP contribution in [0.25, 0.3) is 12.2 Å². The molecular formula is C28H32N2. The van der Waals surface area contributed by atoms with Gasteiger partial charge in [-0.15, -0.1) is 0 Å². The minimum absolute atomic E-state index is 0.500. The third-order valence-corrected chi connectivity index (χ3v) is 7.04. The van der Waals surface area contributed by atoms with Gasteiger partial charge in [-0.2, -0.15) is 0 Å². The highest BCUT2D eigenvalue weighted by molar-refractivity contribution is 5.88. The van der Waals surface area contributed by atoms with E-state index in [1.165, 1.54) is 60.2 Å². The number of anilines is 1. The Morgan fingerprint density at radius 1 is 0.833 bits per heavy atom. The van der Waals surface area contributed by atoms with E-state index in [1.807, 2.05) is 0 Å². The Morgan fingerprint density at radius 3 is 2.50 bits per heavy atom. The molecule has 2 aromatic rings. The second-order valence-corrected chi connectivity index (χ2v) is 8.97. The number of nitrogens with one attached hydrogen (secondary N) is 1. The predicted molar refractivity (Wildman–Crippen MR) is 129 cm³/mol. The van der Waals surface area contributed by atoms with Gasteiger partial charge in [0.25, 0.3) is 0 Å². The maximum Gasteiger partial charge on any atom is 0.0394 e. The minimum Gasteiger partial charge on any atom is -0.385 e. The second kappa shape index (κ2) is 9.04. The molecule has 1 aliphatic carbocycles. The van der Waals surface area contributed by atoms with Crippen LogP contribution in [0, 0.1) is 11.8 Å². The van der Waals surface area contributed by atoms with Crippen LogP contribution in [-0.4, -0.2) is 18.8 Å². The van der Waals surface area contributed by atoms with Gasteiger partial charge in [-0.1, -0.05) is 73.2 Å². The molecule has 3 aliphatic rings. The Labute approximate surface area is 180 Å². The fourth-order valence-electron chi connectivity index (χ4n) is 5.35. The van der Waals surface area contributed by atoms with E-state index in [0.29, 0.717) is 17.8 Å². The molecule has 1 fully saturated rings. The molecule has 2 aromatic carbocycles. The van der Waals surface area contributed by atoms with Crippen LogP contribution < -0.4 is 5.32 Å². The van der Waals surface area contributed by atoms with Crippen molar-refractivity contribution in [2.75, 3.05) is 18.4 Å². The molecule has 2 aliphatic heterocycles. The lowest BCUT2D eigenvalue weighted by atomic mass is 9.75. The second-order valence-electron chi connectivity index (χ2n) is 8.97. The molecule has 0 radical (unpaired) electrons. The SMILES string of the molecule is C(=C\C1CCNc2ccccc21)/c1ccc(/C=C/C2CCN=C3CCCCC32)cc1. The van der Waals surface area contributed by atoms with E-state index in [2.05, 4.69) is 78.2 Å². The zero-order valence-electron chi connectivity index (χ0n) is 17.8. The number of aliphatic imine (C=N–C) groups is 1. The van der Waals surface area contributed by atoms with Crippen molar-refractivity contribution in [2.45, 2.75) is 44.4 Å². The molecular weight excluding hydrogens is 364 g/mol. The topological polar surface area (TPSA) is 24.4 Å². The highest BCUT2D eigenvalue weighted by Gasteiger charge is 2.29. The fraction of sp³-hybridized carbons (Fsp3) is 0.393. The van der Waals surface area contributed by atoms with Crippen LogP contribution in [0.5, 0.6) is 0 Å². The summed E-state index contributed by atoms with van der Waals surface area (Å²) in [4.78, 5) is 4.81. The molecule has 5 rings (SSSR count). The zero-order valence-corrected chi connectivity index (χ0v) is 17.8. The standard InChI is InChI=1S/C28H32N2/c1-3-7-27-25(5-1)23(17-19-29-27)15-13-21-9-11-22(12-10-21)14-16-24-18-20-30-28-8-4-2-6-26(24)28/h1,3,5,7,9-16,23-24,26,29H,2,4,6,8,17-20H2/b15-13+,16-14+. The number of allylic oxidation sites excluding steroid dienone is 2. The number of para-hydroxylation sites is 1. The largest absolute Gasteiger partial charge is 0.385 e. The van der Waals surface area contributed by atoms with Crippen LogP contribution in [0.3, 0.4) is 0 Å². The summed E-state index contributed by atoms with van der Waals surface area (Å²) in [6.45, 7) is 2.06. The van der Waals surface area contributed by atoms with E-state index in [-0.39, 0.29) is 0 Å². The molecule has 2 heterocycles. The van der Waals surface area contributed by atoms with Gasteiger partial charge in [0.1, 0.15) is 0 Å². The molecule has 3 unspecified atom stereocenters. The van der Waals surface area contributed by atoms with E-state index < -0.39 is 0 Å². The molecule has 0 aromatic heterocycles. The van der Waals surface area contributed by atoms with Gasteiger partial charge in [-0.05, 0) is 60.8 Å². The number of fused-ring (bicyclic) bond motifs is 2. The van der Waals surface area contributed by atoms with E-state index in [1.54, 1.807) is 0 Å². The molecule has 1 saturated carbocycles. The first kappa shape index (κ1) is 19.4. The van der Waals surface area contributed by atoms with E-state index >= 15 is 0 Å². The first-order valence-electron chi connectivity index (χ1n) is 11.7. The summed E-state index contributed by atoms with van der Waals surface area (Å²) in [5.74, 6) is 1.89. The lowest BCUT2D eigenvalue weighted by molar-refractivity contribution is 0.389. The summed E-state index contributed by atoms with van der Waals surface area (Å²) in [6, 6.07) is 17.7. The van der Waals surface area contributed by atoms with Crippen LogP contribution in [0.1, 0.15) is 61.1 Å². The van der Waals surface area contributed by atoms with Crippen molar-refractivity contribution < 1.29 is 0 Å². The number of hydrogen-bond acceptors (Lipinski definition) is 2. The normalized spacial score (nSPS) is 26.1. The van der Waals surface area contributed by atoms with Crippen LogP contribution in [0.2, 0.25) is 0 Å². The summed E-state index contributed by atoms with van der Waals surface area (Å²) in [5, 5.41) is 3.51. The maximum absolute atomic E-state index is 4.81. The highest BCUT2D eigenvalue weighted by atomic mass is 14.9. The summed E-state index contributed by atoms with van der Waals surface area (Å²) in [6.07, 6.45) is 17.1. The van der Waals surface area contributed by atoms with Crippen molar-refractivity contribution in [1.82, 2.24) is 0 Å². The average Bonchev–Trinajstić information content (AvgIpc) is 2.82. The molecule has 30 heavy (non-hydrogen) atoms. The van der Waals surface area contributed by atoms with Crippen LogP contribution >= 0.6 is 0 Å². The van der Waals surface area contributed by atoms with E-state index in [9.17, 15) is 0 Å². The van der Waals surface area contributed by atoms with Crippen molar-refractivity contribution in [1.29, 1.82) is 0 Å². The van der Waals surface area contributed by atoms with Gasteiger partial charge in [0.15, 0.2) is 0 Å². The summed E-state index contributed by atoms with van der Waals surface area (Å²) in [5.41, 5.74) is 6.79. The lowest BCUT2D eigenvalue weighted by Crippen LogP contribution is -2.30. The van der Waals surface area contributed by atoms with Crippen molar-refractivity contribution >= 4 is 23.6 Å². The first-order valence-corrected chi connectivity index (χ1v) is 11.7. The monoisotopic (exact) mass is 396 g/mol. The number of hydrogen-bond donors (Lipinski definition) is 1. The van der Waals surface area contributed by atoms with Gasteiger partial charge >= 0.3 is 0 Å². The zero-order chi connectivity index (χ0) is 20.2. The number of rotatable bonds is 4. The third kappa shape index (κ3) is 4.28. The van der Waals surface area contributed by atoms with Crippen molar-refractivity contribution in [3.63, 3.8) is 0 Å². The van der Waals surface area contributed by atoms with Gasteiger partial charge in [0.05, 0.1) is 0 Å². The van der Waals surface area contributed by atoms with Crippen molar-refractivity contribution in [2.24, 2.45) is 16.8 Å². The van der Waals surface area contributed by atoms with Crippen LogP contribution in [0.4, 0.5) is 5.69 Å². The predicted octanol–water partition coefficient (Wildman–Crippen LogP) is 6.96. The fourth-order valence-corrected chi connectivity index (χ4v) is 5.35. The smallest absolute Gasteiger partial charge is 0.0394 e. The number of nitrogens with zero attached hydrogens (tertiary/aromatic N) is 1. The van der Waals surface area contributed by atoms with Crippen molar-refractivity contribution in [3.05, 3.63) is 77.4 Å². The molecule has 0 saturated heterocycles. The van der Waals surface area contributed by atoms with Gasteiger partial charge in [-0.25, -0.2) is 0 Å². The highest BCUT2D eigenvalue weighted by Crippen LogP contribution is 2.35. The quantitative estimate of drug-likeness (QED) is 0.593. The van der Waals surface area contributed by atoms with Crippen LogP contribution in [-0.2, 0) is 0 Å². The molecule has 154 valence electrons. The Bertz CT molecular complexity index is 951. The molecule has 3 atom stereocenters. The maximum atomic E-state index is 4.81. The van der Waals surface area contributed by atoms with Gasteiger partial charge in [0, 0.05) is 36.3 Å². The molecule has 0 bridgehead atoms. The summed E-state index contributed by atoms with van der Waals surface area (Å²) < 4.78 is 0. The van der Waals surface area contributed by atoms with Crippen molar-refractivity contribution in [3.8, 4) is 0 Å². The van der Waals surface area contributed by atoms with Gasteiger partial charge < -0.3 is 5.32 Å². The molecule has 0 amide bonds. The average molecular weight is 397 g/mol.